The number of rotatable bonds is 6. The molecule has 0 aromatic carbocycles. The molecule has 16 heavy (non-hydrogen) atoms. The summed E-state index contributed by atoms with van der Waals surface area (Å²) >= 11 is 0. The highest BCUT2D eigenvalue weighted by Gasteiger charge is 2.05. The molecular weight excluding hydrogens is 202 g/mol. The highest BCUT2D eigenvalue weighted by atomic mass is 16.1. The molecule has 0 aliphatic rings. The Morgan fingerprint density at radius 1 is 1.62 bits per heavy atom. The van der Waals surface area contributed by atoms with Gasteiger partial charge >= 0.3 is 0 Å². The quantitative estimate of drug-likeness (QED) is 0.567. The number of nitrogens with zero attached hydrogens (tertiary/aromatic N) is 1. The fourth-order valence-electron chi connectivity index (χ4n) is 1.23. The van der Waals surface area contributed by atoms with E-state index >= 15 is 0 Å². The van der Waals surface area contributed by atoms with Gasteiger partial charge in [-0.25, -0.2) is 0 Å². The summed E-state index contributed by atoms with van der Waals surface area (Å²) in [5, 5.41) is 5.90. The standard InChI is InChI=1S/C12H17N3O/c1-3-5-7-14-10-6-8-15-11(9-10)12(16)13-4-2/h3,6,8-9H,1,4-5,7H2,2H3,(H,13,16)(H,14,15). The number of hydrogen-bond acceptors (Lipinski definition) is 3. The molecule has 0 fully saturated rings. The molecule has 0 saturated heterocycles. The molecule has 1 heterocycles. The van der Waals surface area contributed by atoms with Crippen molar-refractivity contribution in [2.75, 3.05) is 18.4 Å². The van der Waals surface area contributed by atoms with E-state index in [0.717, 1.165) is 18.7 Å². The van der Waals surface area contributed by atoms with E-state index in [1.54, 1.807) is 12.3 Å². The first-order chi connectivity index (χ1) is 7.77. The molecule has 0 radical (unpaired) electrons. The number of pyridine rings is 1. The van der Waals surface area contributed by atoms with E-state index in [4.69, 9.17) is 0 Å². The van der Waals surface area contributed by atoms with Crippen LogP contribution in [0.3, 0.4) is 0 Å². The van der Waals surface area contributed by atoms with E-state index in [0.29, 0.717) is 12.2 Å². The first-order valence-electron chi connectivity index (χ1n) is 5.37. The van der Waals surface area contributed by atoms with Crippen LogP contribution in [-0.2, 0) is 0 Å². The first-order valence-corrected chi connectivity index (χ1v) is 5.37. The van der Waals surface area contributed by atoms with Gasteiger partial charge in [-0.05, 0) is 25.5 Å². The molecular formula is C12H17N3O. The Balaban J connectivity index is 2.63. The fourth-order valence-corrected chi connectivity index (χ4v) is 1.23. The molecule has 1 amide bonds. The van der Waals surface area contributed by atoms with Crippen molar-refractivity contribution < 1.29 is 4.79 Å². The van der Waals surface area contributed by atoms with Crippen molar-refractivity contribution in [2.45, 2.75) is 13.3 Å². The molecule has 0 spiro atoms. The van der Waals surface area contributed by atoms with Crippen LogP contribution in [0.25, 0.3) is 0 Å². The second-order valence-corrected chi connectivity index (χ2v) is 3.29. The number of aromatic nitrogens is 1. The fraction of sp³-hybridized carbons (Fsp3) is 0.333. The molecule has 0 atom stereocenters. The van der Waals surface area contributed by atoms with Crippen LogP contribution in [0.15, 0.2) is 31.0 Å². The Morgan fingerprint density at radius 3 is 3.12 bits per heavy atom. The van der Waals surface area contributed by atoms with Gasteiger partial charge in [0.05, 0.1) is 0 Å². The smallest absolute Gasteiger partial charge is 0.269 e. The Bertz CT molecular complexity index is 363. The van der Waals surface area contributed by atoms with Gasteiger partial charge in [0, 0.05) is 25.0 Å². The third-order valence-electron chi connectivity index (χ3n) is 2.01. The zero-order chi connectivity index (χ0) is 11.8. The van der Waals surface area contributed by atoms with Crippen LogP contribution in [-0.4, -0.2) is 24.0 Å². The lowest BCUT2D eigenvalue weighted by atomic mass is 10.3. The second kappa shape index (κ2) is 6.61. The van der Waals surface area contributed by atoms with E-state index in [-0.39, 0.29) is 5.91 Å². The van der Waals surface area contributed by atoms with Gasteiger partial charge in [0.1, 0.15) is 5.69 Å². The summed E-state index contributed by atoms with van der Waals surface area (Å²) in [6.45, 7) is 6.94. The van der Waals surface area contributed by atoms with Gasteiger partial charge in [-0.1, -0.05) is 6.08 Å². The summed E-state index contributed by atoms with van der Waals surface area (Å²) in [4.78, 5) is 15.5. The van der Waals surface area contributed by atoms with Crippen LogP contribution in [0, 0.1) is 0 Å². The van der Waals surface area contributed by atoms with E-state index in [2.05, 4.69) is 22.2 Å². The molecule has 86 valence electrons. The Labute approximate surface area is 95.8 Å². The summed E-state index contributed by atoms with van der Waals surface area (Å²) in [6, 6.07) is 3.58. The first kappa shape index (κ1) is 12.2. The maximum Gasteiger partial charge on any atom is 0.269 e. The van der Waals surface area contributed by atoms with Gasteiger partial charge in [0.15, 0.2) is 0 Å². The van der Waals surface area contributed by atoms with Crippen molar-refractivity contribution in [1.82, 2.24) is 10.3 Å². The lowest BCUT2D eigenvalue weighted by molar-refractivity contribution is 0.0951. The predicted molar refractivity (Wildman–Crippen MR) is 65.5 cm³/mol. The number of amides is 1. The molecule has 4 heteroatoms. The molecule has 1 rings (SSSR count). The van der Waals surface area contributed by atoms with Crippen LogP contribution in [0.4, 0.5) is 5.69 Å². The number of anilines is 1. The van der Waals surface area contributed by atoms with Gasteiger partial charge in [-0.2, -0.15) is 0 Å². The topological polar surface area (TPSA) is 54.0 Å². The van der Waals surface area contributed by atoms with E-state index in [1.807, 2.05) is 19.1 Å². The summed E-state index contributed by atoms with van der Waals surface area (Å²) in [5.41, 5.74) is 1.34. The summed E-state index contributed by atoms with van der Waals surface area (Å²) in [7, 11) is 0. The summed E-state index contributed by atoms with van der Waals surface area (Å²) in [5.74, 6) is -0.144. The highest BCUT2D eigenvalue weighted by Crippen LogP contribution is 2.07. The zero-order valence-electron chi connectivity index (χ0n) is 9.49. The van der Waals surface area contributed by atoms with Crippen LogP contribution in [0.2, 0.25) is 0 Å². The van der Waals surface area contributed by atoms with E-state index < -0.39 is 0 Å². The van der Waals surface area contributed by atoms with Crippen molar-refractivity contribution in [2.24, 2.45) is 0 Å². The van der Waals surface area contributed by atoms with Gasteiger partial charge in [0.2, 0.25) is 0 Å². The maximum atomic E-state index is 11.5. The molecule has 1 aromatic rings. The second-order valence-electron chi connectivity index (χ2n) is 3.29. The minimum Gasteiger partial charge on any atom is -0.385 e. The van der Waals surface area contributed by atoms with E-state index in [1.165, 1.54) is 0 Å². The third kappa shape index (κ3) is 3.73. The van der Waals surface area contributed by atoms with Crippen molar-refractivity contribution >= 4 is 11.6 Å². The number of nitrogens with one attached hydrogen (secondary N) is 2. The molecule has 2 N–H and O–H groups in total. The molecule has 0 aliphatic carbocycles. The molecule has 0 aliphatic heterocycles. The van der Waals surface area contributed by atoms with Crippen molar-refractivity contribution in [3.63, 3.8) is 0 Å². The SMILES string of the molecule is C=CCCNc1ccnc(C(=O)NCC)c1. The average molecular weight is 219 g/mol. The van der Waals surface area contributed by atoms with Gasteiger partial charge in [-0.15, -0.1) is 6.58 Å². The molecule has 0 bridgehead atoms. The normalized spacial score (nSPS) is 9.56. The maximum absolute atomic E-state index is 11.5. The lowest BCUT2D eigenvalue weighted by Gasteiger charge is -2.06. The molecule has 1 aromatic heterocycles. The van der Waals surface area contributed by atoms with Crippen LogP contribution in [0.5, 0.6) is 0 Å². The third-order valence-corrected chi connectivity index (χ3v) is 2.01. The number of carbonyl (C=O) groups is 1. The van der Waals surface area contributed by atoms with Crippen molar-refractivity contribution in [3.8, 4) is 0 Å². The monoisotopic (exact) mass is 219 g/mol. The molecule has 4 nitrogen and oxygen atoms in total. The average Bonchev–Trinajstić information content (AvgIpc) is 2.30. The Hall–Kier alpha value is -1.84. The van der Waals surface area contributed by atoms with E-state index in [9.17, 15) is 4.79 Å². The van der Waals surface area contributed by atoms with Crippen LogP contribution < -0.4 is 10.6 Å². The predicted octanol–water partition coefficient (Wildman–Crippen LogP) is 1.82. The van der Waals surface area contributed by atoms with Gasteiger partial charge in [0.25, 0.3) is 5.91 Å². The summed E-state index contributed by atoms with van der Waals surface area (Å²) < 4.78 is 0. The highest BCUT2D eigenvalue weighted by molar-refractivity contribution is 5.93. The van der Waals surface area contributed by atoms with Crippen LogP contribution >= 0.6 is 0 Å². The largest absolute Gasteiger partial charge is 0.385 e. The van der Waals surface area contributed by atoms with Crippen molar-refractivity contribution in [3.05, 3.63) is 36.7 Å². The number of carbonyl (C=O) groups excluding carboxylic acids is 1. The minimum atomic E-state index is -0.144. The Kier molecular flexibility index (Phi) is 5.05. The Morgan fingerprint density at radius 2 is 2.44 bits per heavy atom. The molecule has 0 unspecified atom stereocenters. The number of hydrogen-bond donors (Lipinski definition) is 2. The van der Waals surface area contributed by atoms with Gasteiger partial charge < -0.3 is 10.6 Å². The summed E-state index contributed by atoms with van der Waals surface area (Å²) in [6.07, 6.45) is 4.36. The zero-order valence-corrected chi connectivity index (χ0v) is 9.49. The van der Waals surface area contributed by atoms with Crippen molar-refractivity contribution in [1.29, 1.82) is 0 Å². The lowest BCUT2D eigenvalue weighted by Crippen LogP contribution is -2.23. The minimum absolute atomic E-state index is 0.144. The molecule has 0 saturated carbocycles. The van der Waals surface area contributed by atoms with Gasteiger partial charge in [-0.3, -0.25) is 9.78 Å². The van der Waals surface area contributed by atoms with Crippen LogP contribution in [0.1, 0.15) is 23.8 Å².